The zero-order chi connectivity index (χ0) is 16.6. The number of anilines is 1. The summed E-state index contributed by atoms with van der Waals surface area (Å²) in [6, 6.07) is 8.09. The van der Waals surface area contributed by atoms with Crippen molar-refractivity contribution in [3.63, 3.8) is 0 Å². The maximum Gasteiger partial charge on any atom is 0.258 e. The average molecular weight is 319 g/mol. The smallest absolute Gasteiger partial charge is 0.258 e. The quantitative estimate of drug-likeness (QED) is 0.925. The van der Waals surface area contributed by atoms with Crippen molar-refractivity contribution in [2.24, 2.45) is 0 Å². The summed E-state index contributed by atoms with van der Waals surface area (Å²) in [5.41, 5.74) is 1.17. The van der Waals surface area contributed by atoms with E-state index in [0.29, 0.717) is 23.4 Å². The number of hydrogen-bond acceptors (Lipinski definition) is 3. The molecule has 1 atom stereocenters. The lowest BCUT2D eigenvalue weighted by molar-refractivity contribution is 0.0970. The van der Waals surface area contributed by atoms with E-state index in [1.165, 1.54) is 18.1 Å². The number of benzene rings is 2. The van der Waals surface area contributed by atoms with Crippen molar-refractivity contribution in [2.45, 2.75) is 12.5 Å². The largest absolute Gasteiger partial charge is 0.497 e. The third kappa shape index (κ3) is 2.77. The van der Waals surface area contributed by atoms with Crippen LogP contribution in [0.2, 0.25) is 0 Å². The molecule has 0 aromatic heterocycles. The van der Waals surface area contributed by atoms with Crippen LogP contribution in [0.25, 0.3) is 0 Å². The highest BCUT2D eigenvalue weighted by Gasteiger charge is 2.29. The standard InChI is InChI=1S/C17H15F2NO3/c1-23-11-3-4-12-15(9-11)20(7-6-16(12)21)17(22)10-2-5-13(18)14(19)8-10/h2-5,8-9,16,21H,6-7H2,1H3. The topological polar surface area (TPSA) is 49.8 Å². The molecule has 1 N–H and O–H groups in total. The Kier molecular flexibility index (Phi) is 4.00. The maximum atomic E-state index is 13.4. The Morgan fingerprint density at radius 3 is 2.70 bits per heavy atom. The van der Waals surface area contributed by atoms with Crippen molar-refractivity contribution in [3.05, 3.63) is 59.2 Å². The molecular weight excluding hydrogens is 304 g/mol. The normalized spacial score (nSPS) is 16.9. The Morgan fingerprint density at radius 1 is 1.22 bits per heavy atom. The summed E-state index contributed by atoms with van der Waals surface area (Å²) in [5, 5.41) is 10.1. The van der Waals surface area contributed by atoms with E-state index >= 15 is 0 Å². The Balaban J connectivity index is 2.02. The molecule has 1 unspecified atom stereocenters. The number of ether oxygens (including phenoxy) is 1. The number of amides is 1. The molecule has 3 rings (SSSR count). The van der Waals surface area contributed by atoms with E-state index in [2.05, 4.69) is 0 Å². The van der Waals surface area contributed by atoms with Gasteiger partial charge in [-0.2, -0.15) is 0 Å². The second-order valence-electron chi connectivity index (χ2n) is 5.31. The molecule has 23 heavy (non-hydrogen) atoms. The number of aliphatic hydroxyl groups excluding tert-OH is 1. The molecule has 1 aliphatic rings. The van der Waals surface area contributed by atoms with E-state index in [-0.39, 0.29) is 12.1 Å². The Morgan fingerprint density at radius 2 is 2.00 bits per heavy atom. The Hall–Kier alpha value is -2.47. The zero-order valence-corrected chi connectivity index (χ0v) is 12.4. The zero-order valence-electron chi connectivity index (χ0n) is 12.4. The van der Waals surface area contributed by atoms with Crippen LogP contribution >= 0.6 is 0 Å². The van der Waals surface area contributed by atoms with Crippen LogP contribution in [0.5, 0.6) is 5.75 Å². The SMILES string of the molecule is COc1ccc2c(c1)N(C(=O)c1ccc(F)c(F)c1)CCC2O. The van der Waals surface area contributed by atoms with Crippen LogP contribution in [-0.4, -0.2) is 24.7 Å². The first-order valence-corrected chi connectivity index (χ1v) is 7.14. The molecular formula is C17H15F2NO3. The number of aliphatic hydroxyl groups is 1. The molecule has 2 aromatic rings. The summed E-state index contributed by atoms with van der Waals surface area (Å²) in [7, 11) is 1.50. The van der Waals surface area contributed by atoms with Crippen LogP contribution in [-0.2, 0) is 0 Å². The van der Waals surface area contributed by atoms with Crippen LogP contribution < -0.4 is 9.64 Å². The number of methoxy groups -OCH3 is 1. The van der Waals surface area contributed by atoms with Gasteiger partial charge in [0, 0.05) is 23.7 Å². The van der Waals surface area contributed by atoms with Crippen LogP contribution in [0.3, 0.4) is 0 Å². The van der Waals surface area contributed by atoms with Crippen molar-refractivity contribution in [3.8, 4) is 5.75 Å². The van der Waals surface area contributed by atoms with Gasteiger partial charge in [-0.1, -0.05) is 6.07 Å². The van der Waals surface area contributed by atoms with Crippen LogP contribution in [0.4, 0.5) is 14.5 Å². The van der Waals surface area contributed by atoms with Crippen molar-refractivity contribution >= 4 is 11.6 Å². The molecule has 0 saturated carbocycles. The van der Waals surface area contributed by atoms with Crippen molar-refractivity contribution in [1.82, 2.24) is 0 Å². The minimum absolute atomic E-state index is 0.0501. The fourth-order valence-corrected chi connectivity index (χ4v) is 2.69. The number of hydrogen-bond donors (Lipinski definition) is 1. The third-order valence-electron chi connectivity index (χ3n) is 3.93. The lowest BCUT2D eigenvalue weighted by Gasteiger charge is -2.32. The highest BCUT2D eigenvalue weighted by molar-refractivity contribution is 6.06. The first-order valence-electron chi connectivity index (χ1n) is 7.14. The Labute approximate surface area is 131 Å². The van der Waals surface area contributed by atoms with Crippen molar-refractivity contribution in [2.75, 3.05) is 18.6 Å². The lowest BCUT2D eigenvalue weighted by atomic mass is 9.97. The highest BCUT2D eigenvalue weighted by atomic mass is 19.2. The van der Waals surface area contributed by atoms with Crippen LogP contribution in [0.15, 0.2) is 36.4 Å². The van der Waals surface area contributed by atoms with Gasteiger partial charge in [0.2, 0.25) is 0 Å². The van der Waals surface area contributed by atoms with Gasteiger partial charge in [0.05, 0.1) is 18.9 Å². The van der Waals surface area contributed by atoms with Crippen LogP contribution in [0.1, 0.15) is 28.4 Å². The molecule has 0 aliphatic carbocycles. The van der Waals surface area contributed by atoms with E-state index in [1.54, 1.807) is 18.2 Å². The molecule has 6 heteroatoms. The molecule has 0 bridgehead atoms. The molecule has 0 fully saturated rings. The molecule has 120 valence electrons. The predicted molar refractivity (Wildman–Crippen MR) is 80.6 cm³/mol. The molecule has 1 aliphatic heterocycles. The molecule has 1 heterocycles. The number of fused-ring (bicyclic) bond motifs is 1. The average Bonchev–Trinajstić information content (AvgIpc) is 2.56. The highest BCUT2D eigenvalue weighted by Crippen LogP contribution is 2.37. The minimum atomic E-state index is -1.07. The molecule has 0 saturated heterocycles. The van der Waals surface area contributed by atoms with Crippen LogP contribution in [0, 0.1) is 11.6 Å². The first kappa shape index (κ1) is 15.4. The fraction of sp³-hybridized carbons (Fsp3) is 0.235. The summed E-state index contributed by atoms with van der Waals surface area (Å²) in [6.07, 6.45) is -0.306. The summed E-state index contributed by atoms with van der Waals surface area (Å²) in [5.74, 6) is -1.98. The summed E-state index contributed by atoms with van der Waals surface area (Å²) in [6.45, 7) is 0.277. The lowest BCUT2D eigenvalue weighted by Crippen LogP contribution is -2.36. The van der Waals surface area contributed by atoms with E-state index in [0.717, 1.165) is 12.1 Å². The maximum absolute atomic E-state index is 13.4. The molecule has 1 amide bonds. The monoisotopic (exact) mass is 319 g/mol. The third-order valence-corrected chi connectivity index (χ3v) is 3.93. The second kappa shape index (κ2) is 5.96. The van der Waals surface area contributed by atoms with Gasteiger partial charge in [-0.25, -0.2) is 8.78 Å². The number of halogens is 2. The molecule has 4 nitrogen and oxygen atoms in total. The summed E-state index contributed by atoms with van der Waals surface area (Å²) >= 11 is 0. The number of nitrogens with zero attached hydrogens (tertiary/aromatic N) is 1. The van der Waals surface area contributed by atoms with Crippen molar-refractivity contribution < 1.29 is 23.4 Å². The number of carbonyl (C=O) groups excluding carboxylic acids is 1. The van der Waals surface area contributed by atoms with E-state index in [9.17, 15) is 18.7 Å². The van der Waals surface area contributed by atoms with Gasteiger partial charge in [0.15, 0.2) is 11.6 Å². The van der Waals surface area contributed by atoms with Crippen molar-refractivity contribution in [1.29, 1.82) is 0 Å². The van der Waals surface area contributed by atoms with Gasteiger partial charge in [-0.05, 0) is 30.7 Å². The van der Waals surface area contributed by atoms with Gasteiger partial charge in [0.1, 0.15) is 5.75 Å². The molecule has 0 spiro atoms. The molecule has 0 radical (unpaired) electrons. The van der Waals surface area contributed by atoms with E-state index < -0.39 is 23.6 Å². The fourth-order valence-electron chi connectivity index (χ4n) is 2.69. The van der Waals surface area contributed by atoms with Gasteiger partial charge in [-0.15, -0.1) is 0 Å². The van der Waals surface area contributed by atoms with Gasteiger partial charge in [-0.3, -0.25) is 4.79 Å². The predicted octanol–water partition coefficient (Wildman–Crippen LogP) is 3.06. The molecule has 2 aromatic carbocycles. The number of carbonyl (C=O) groups is 1. The van der Waals surface area contributed by atoms with E-state index in [1.807, 2.05) is 0 Å². The number of rotatable bonds is 2. The Bertz CT molecular complexity index is 763. The van der Waals surface area contributed by atoms with Gasteiger partial charge < -0.3 is 14.7 Å². The van der Waals surface area contributed by atoms with E-state index in [4.69, 9.17) is 4.74 Å². The summed E-state index contributed by atoms with van der Waals surface area (Å²) < 4.78 is 31.6. The summed E-state index contributed by atoms with van der Waals surface area (Å²) in [4.78, 5) is 14.1. The second-order valence-corrected chi connectivity index (χ2v) is 5.31. The minimum Gasteiger partial charge on any atom is -0.497 e. The van der Waals surface area contributed by atoms with Gasteiger partial charge in [0.25, 0.3) is 5.91 Å². The first-order chi connectivity index (χ1) is 11.0. The van der Waals surface area contributed by atoms with Gasteiger partial charge >= 0.3 is 0 Å².